The number of aliphatic imine (C=N–C) groups is 1. The number of benzene rings is 2. The summed E-state index contributed by atoms with van der Waals surface area (Å²) in [6, 6.07) is 12.7. The fourth-order valence-corrected chi connectivity index (χ4v) is 4.15. The molecule has 35 heavy (non-hydrogen) atoms. The lowest BCUT2D eigenvalue weighted by molar-refractivity contribution is -0.123. The van der Waals surface area contributed by atoms with E-state index in [4.69, 9.17) is 5.73 Å². The van der Waals surface area contributed by atoms with Crippen LogP contribution < -0.4 is 21.8 Å². The summed E-state index contributed by atoms with van der Waals surface area (Å²) in [6.45, 7) is -1.27. The van der Waals surface area contributed by atoms with Gasteiger partial charge in [-0.3, -0.25) is 9.47 Å². The summed E-state index contributed by atoms with van der Waals surface area (Å²) < 4.78 is 40.4. The molecule has 0 spiro atoms. The van der Waals surface area contributed by atoms with Crippen LogP contribution in [0, 0.1) is 0 Å². The fraction of sp³-hybridized carbons (Fsp3) is 0.136. The van der Waals surface area contributed by atoms with Gasteiger partial charge in [-0.1, -0.05) is 28.1 Å². The number of amidine groups is 1. The van der Waals surface area contributed by atoms with Gasteiger partial charge in [-0.2, -0.15) is 13.2 Å². The molecule has 180 valence electrons. The Labute approximate surface area is 204 Å². The number of rotatable bonds is 5. The van der Waals surface area contributed by atoms with Gasteiger partial charge in [0.25, 0.3) is 5.91 Å². The highest BCUT2D eigenvalue weighted by Gasteiger charge is 2.30. The van der Waals surface area contributed by atoms with E-state index in [1.54, 1.807) is 24.3 Å². The molecule has 0 bridgehead atoms. The Morgan fingerprint density at radius 3 is 2.71 bits per heavy atom. The van der Waals surface area contributed by atoms with Crippen molar-refractivity contribution in [3.05, 3.63) is 64.4 Å². The molecule has 1 amide bonds. The highest BCUT2D eigenvalue weighted by atomic mass is 79.9. The third kappa shape index (κ3) is 4.67. The normalized spacial score (nSPS) is 13.2. The Hall–Kier alpha value is -4.00. The number of hydrogen-bond acceptors (Lipinski definition) is 6. The van der Waals surface area contributed by atoms with Gasteiger partial charge in [0, 0.05) is 21.9 Å². The van der Waals surface area contributed by atoms with Crippen LogP contribution in [0.2, 0.25) is 0 Å². The monoisotopic (exact) mass is 546 g/mol. The number of nitrogens with two attached hydrogens (primary N) is 1. The predicted molar refractivity (Wildman–Crippen MR) is 130 cm³/mol. The molecule has 0 atom stereocenters. The molecule has 1 aliphatic heterocycles. The zero-order valence-electron chi connectivity index (χ0n) is 17.9. The first-order valence-electron chi connectivity index (χ1n) is 10.3. The predicted octanol–water partition coefficient (Wildman–Crippen LogP) is 4.05. The van der Waals surface area contributed by atoms with Crippen molar-refractivity contribution >= 4 is 50.3 Å². The molecule has 2 aromatic carbocycles. The molecular formula is C22H18BrF3N8O. The summed E-state index contributed by atoms with van der Waals surface area (Å²) in [5, 5.41) is 5.10. The van der Waals surface area contributed by atoms with E-state index < -0.39 is 18.6 Å². The average Bonchev–Trinajstić information content (AvgIpc) is 3.39. The summed E-state index contributed by atoms with van der Waals surface area (Å²) in [7, 11) is 0. The SMILES string of the molecule is NC1=NCNn2cc(C(=O)NCC(F)(F)F)c(-c3ccc(Nc4nc5ccc(Br)cc5[nH]4)cc3)c21. The van der Waals surface area contributed by atoms with Crippen molar-refractivity contribution < 1.29 is 18.0 Å². The van der Waals surface area contributed by atoms with Crippen molar-refractivity contribution in [3.63, 3.8) is 0 Å². The maximum atomic E-state index is 12.7. The minimum Gasteiger partial charge on any atom is -0.382 e. The first kappa shape index (κ1) is 22.8. The van der Waals surface area contributed by atoms with E-state index in [0.717, 1.165) is 15.5 Å². The number of nitrogens with one attached hydrogen (secondary N) is 4. The van der Waals surface area contributed by atoms with Crippen molar-refractivity contribution in [2.24, 2.45) is 10.7 Å². The zero-order chi connectivity index (χ0) is 24.7. The number of H-pyrrole nitrogens is 1. The molecule has 13 heteroatoms. The standard InChI is InChI=1S/C22H18BrF3N8O/c23-12-3-6-15-16(7-12)33-21(32-15)31-13-4-1-11(2-5-13)17-14(20(35)28-9-22(24,25)26)8-34-18(17)19(27)29-10-30-34/h1-8,30H,9-10H2,(H2,27,29)(H,28,35)(H2,31,32,33). The van der Waals surface area contributed by atoms with Crippen LogP contribution in [-0.4, -0.2) is 45.8 Å². The van der Waals surface area contributed by atoms with E-state index in [1.807, 2.05) is 23.5 Å². The summed E-state index contributed by atoms with van der Waals surface area (Å²) in [5.41, 5.74) is 12.8. The van der Waals surface area contributed by atoms with E-state index in [1.165, 1.54) is 10.9 Å². The third-order valence-corrected chi connectivity index (χ3v) is 5.81. The summed E-state index contributed by atoms with van der Waals surface area (Å²) in [4.78, 5) is 24.5. The fourth-order valence-electron chi connectivity index (χ4n) is 3.79. The van der Waals surface area contributed by atoms with Gasteiger partial charge in [0.15, 0.2) is 0 Å². The van der Waals surface area contributed by atoms with Gasteiger partial charge in [0.1, 0.15) is 24.7 Å². The second-order valence-corrected chi connectivity index (χ2v) is 8.66. The molecule has 0 saturated heterocycles. The highest BCUT2D eigenvalue weighted by Crippen LogP contribution is 2.32. The number of imidazole rings is 1. The average molecular weight is 547 g/mol. The number of nitrogens with zero attached hydrogens (tertiary/aromatic N) is 3. The van der Waals surface area contributed by atoms with Gasteiger partial charge < -0.3 is 26.8 Å². The molecule has 0 unspecified atom stereocenters. The van der Waals surface area contributed by atoms with Gasteiger partial charge in [-0.25, -0.2) is 9.98 Å². The number of carbonyl (C=O) groups excluding carboxylic acids is 1. The number of fused-ring (bicyclic) bond motifs is 2. The Morgan fingerprint density at radius 2 is 1.97 bits per heavy atom. The summed E-state index contributed by atoms with van der Waals surface area (Å²) >= 11 is 3.43. The molecular weight excluding hydrogens is 529 g/mol. The van der Waals surface area contributed by atoms with Gasteiger partial charge in [0.05, 0.1) is 16.6 Å². The number of carbonyl (C=O) groups is 1. The number of amides is 1. The third-order valence-electron chi connectivity index (χ3n) is 5.31. The van der Waals surface area contributed by atoms with Crippen LogP contribution >= 0.6 is 15.9 Å². The van der Waals surface area contributed by atoms with Crippen molar-refractivity contribution in [1.82, 2.24) is 20.0 Å². The number of aromatic nitrogens is 3. The Bertz CT molecular complexity index is 1460. The molecule has 2 aromatic heterocycles. The van der Waals surface area contributed by atoms with E-state index in [9.17, 15) is 18.0 Å². The first-order chi connectivity index (χ1) is 16.7. The molecule has 0 aliphatic carbocycles. The van der Waals surface area contributed by atoms with Crippen LogP contribution in [-0.2, 0) is 0 Å². The van der Waals surface area contributed by atoms with Crippen LogP contribution in [0.25, 0.3) is 22.2 Å². The Balaban J connectivity index is 1.46. The molecule has 0 saturated carbocycles. The van der Waals surface area contributed by atoms with Gasteiger partial charge in [0.2, 0.25) is 5.95 Å². The molecule has 5 rings (SSSR count). The van der Waals surface area contributed by atoms with Crippen LogP contribution in [0.5, 0.6) is 0 Å². The number of hydrogen-bond donors (Lipinski definition) is 5. The van der Waals surface area contributed by atoms with Crippen molar-refractivity contribution in [2.45, 2.75) is 6.18 Å². The number of alkyl halides is 3. The van der Waals surface area contributed by atoms with E-state index in [-0.39, 0.29) is 18.1 Å². The molecule has 9 nitrogen and oxygen atoms in total. The minimum absolute atomic E-state index is 0.0420. The quantitative estimate of drug-likeness (QED) is 0.258. The molecule has 1 aliphatic rings. The Morgan fingerprint density at radius 1 is 1.20 bits per heavy atom. The number of halogens is 4. The van der Waals surface area contributed by atoms with Crippen molar-refractivity contribution in [2.75, 3.05) is 24.0 Å². The molecule has 6 N–H and O–H groups in total. The summed E-state index contributed by atoms with van der Waals surface area (Å²) in [5.74, 6) is -0.159. The second-order valence-electron chi connectivity index (χ2n) is 7.74. The van der Waals surface area contributed by atoms with Crippen molar-refractivity contribution in [1.29, 1.82) is 0 Å². The summed E-state index contributed by atoms with van der Waals surface area (Å²) in [6.07, 6.45) is -3.12. The Kier molecular flexibility index (Phi) is 5.63. The van der Waals surface area contributed by atoms with Gasteiger partial charge >= 0.3 is 6.18 Å². The van der Waals surface area contributed by atoms with Gasteiger partial charge in [-0.15, -0.1) is 0 Å². The van der Waals surface area contributed by atoms with E-state index in [0.29, 0.717) is 28.5 Å². The number of aromatic amines is 1. The van der Waals surface area contributed by atoms with Crippen LogP contribution in [0.15, 0.2) is 58.1 Å². The lowest BCUT2D eigenvalue weighted by Gasteiger charge is -2.17. The second kappa shape index (κ2) is 8.65. The van der Waals surface area contributed by atoms with Crippen LogP contribution in [0.1, 0.15) is 16.1 Å². The molecule has 4 aromatic rings. The zero-order valence-corrected chi connectivity index (χ0v) is 19.5. The molecule has 3 heterocycles. The largest absolute Gasteiger partial charge is 0.405 e. The van der Waals surface area contributed by atoms with Crippen LogP contribution in [0.4, 0.5) is 24.8 Å². The number of anilines is 2. The smallest absolute Gasteiger partial charge is 0.382 e. The van der Waals surface area contributed by atoms with Crippen molar-refractivity contribution in [3.8, 4) is 11.1 Å². The molecule has 0 fully saturated rings. The van der Waals surface area contributed by atoms with E-state index >= 15 is 0 Å². The molecule has 0 radical (unpaired) electrons. The topological polar surface area (TPSA) is 125 Å². The van der Waals surface area contributed by atoms with Crippen LogP contribution in [0.3, 0.4) is 0 Å². The lowest BCUT2D eigenvalue weighted by atomic mass is 10.00. The minimum atomic E-state index is -4.53. The van der Waals surface area contributed by atoms with Gasteiger partial charge in [-0.05, 0) is 35.9 Å². The highest BCUT2D eigenvalue weighted by molar-refractivity contribution is 9.10. The first-order valence-corrected chi connectivity index (χ1v) is 11.1. The maximum Gasteiger partial charge on any atom is 0.405 e. The maximum absolute atomic E-state index is 12.7. The van der Waals surface area contributed by atoms with E-state index in [2.05, 4.69) is 41.6 Å². The lowest BCUT2D eigenvalue weighted by Crippen LogP contribution is -2.33.